The van der Waals surface area contributed by atoms with E-state index in [9.17, 15) is 0 Å². The van der Waals surface area contributed by atoms with Crippen LogP contribution in [0.25, 0.3) is 0 Å². The summed E-state index contributed by atoms with van der Waals surface area (Å²) in [5.41, 5.74) is 10.0. The van der Waals surface area contributed by atoms with Gasteiger partial charge >= 0.3 is 0 Å². The average molecular weight is 784 g/mol. The number of nitrogens with zero attached hydrogens (tertiary/aromatic N) is 2. The minimum atomic E-state index is 0.350. The Morgan fingerprint density at radius 3 is 2.00 bits per heavy atom. The third-order valence-electron chi connectivity index (χ3n) is 8.99. The quantitative estimate of drug-likeness (QED) is 0.110. The molecule has 6 heteroatoms. The van der Waals surface area contributed by atoms with Crippen LogP contribution in [0.5, 0.6) is 11.5 Å². The van der Waals surface area contributed by atoms with E-state index in [0.29, 0.717) is 25.0 Å². The molecule has 0 aliphatic carbocycles. The Morgan fingerprint density at radius 1 is 0.804 bits per heavy atom. The van der Waals surface area contributed by atoms with Crippen molar-refractivity contribution in [1.29, 1.82) is 0 Å². The van der Waals surface area contributed by atoms with Crippen molar-refractivity contribution < 1.29 is 9.47 Å². The lowest BCUT2D eigenvalue weighted by Gasteiger charge is -2.43. The zero-order valence-corrected chi connectivity index (χ0v) is 29.6. The van der Waals surface area contributed by atoms with Crippen LogP contribution in [0.2, 0.25) is 0 Å². The fourth-order valence-electron chi connectivity index (χ4n) is 6.86. The van der Waals surface area contributed by atoms with Crippen LogP contribution in [0.15, 0.2) is 119 Å². The second kappa shape index (κ2) is 14.0. The van der Waals surface area contributed by atoms with Crippen molar-refractivity contribution >= 4 is 56.1 Å². The molecule has 0 spiro atoms. The monoisotopic (exact) mass is 782 g/mol. The molecule has 0 saturated carbocycles. The topological polar surface area (TPSA) is 34.1 Å². The molecule has 0 unspecified atom stereocenters. The first-order valence-corrected chi connectivity index (χ1v) is 17.8. The van der Waals surface area contributed by atoms with Crippen LogP contribution < -0.4 is 14.4 Å². The number of anilines is 1. The Labute approximate surface area is 293 Å². The fraction of sp³-hybridized carbons (Fsp3) is 0.225. The average Bonchev–Trinajstić information content (AvgIpc) is 3.09. The predicted molar refractivity (Wildman–Crippen MR) is 201 cm³/mol. The number of benzene rings is 5. The Hall–Kier alpha value is -3.62. The minimum Gasteiger partial charge on any atom is -0.490 e. The van der Waals surface area contributed by atoms with Gasteiger partial charge in [0, 0.05) is 41.3 Å². The van der Waals surface area contributed by atoms with Crippen molar-refractivity contribution in [3.63, 3.8) is 0 Å². The van der Waals surface area contributed by atoms with Gasteiger partial charge in [0.2, 0.25) is 0 Å². The van der Waals surface area contributed by atoms with Crippen LogP contribution in [0.1, 0.15) is 65.0 Å². The lowest BCUT2D eigenvalue weighted by molar-refractivity contribution is 0.267. The van der Waals surface area contributed by atoms with Crippen LogP contribution in [-0.2, 0) is 6.61 Å². The Balaban J connectivity index is 1.25. The van der Waals surface area contributed by atoms with E-state index in [0.717, 1.165) is 62.3 Å². The molecule has 2 atom stereocenters. The highest BCUT2D eigenvalue weighted by atomic mass is 127. The SMILES string of the molecule is CCOc1cc(C=Nc2cc3c4c(c2)[C@H](c2ccccc2)CCN4CC[C@H]3c2ccccc2)cc(I)c1OCc1ccc(Br)cc1. The van der Waals surface area contributed by atoms with Crippen molar-refractivity contribution in [2.45, 2.75) is 38.2 Å². The molecule has 7 rings (SSSR count). The first-order valence-electron chi connectivity index (χ1n) is 16.0. The molecule has 0 aromatic heterocycles. The van der Waals surface area contributed by atoms with Crippen LogP contribution in [0.4, 0.5) is 11.4 Å². The van der Waals surface area contributed by atoms with Gasteiger partial charge in [-0.15, -0.1) is 0 Å². The smallest absolute Gasteiger partial charge is 0.175 e. The molecule has 46 heavy (non-hydrogen) atoms. The van der Waals surface area contributed by atoms with E-state index in [1.165, 1.54) is 27.9 Å². The van der Waals surface area contributed by atoms with Gasteiger partial charge in [-0.05, 0) is 112 Å². The first-order chi connectivity index (χ1) is 22.6. The summed E-state index contributed by atoms with van der Waals surface area (Å²) in [5, 5.41) is 0. The van der Waals surface area contributed by atoms with E-state index >= 15 is 0 Å². The predicted octanol–water partition coefficient (Wildman–Crippen LogP) is 10.7. The molecule has 2 heterocycles. The third kappa shape index (κ3) is 6.60. The number of ether oxygens (including phenoxy) is 2. The number of hydrogen-bond donors (Lipinski definition) is 0. The van der Waals surface area contributed by atoms with Crippen molar-refractivity contribution in [2.24, 2.45) is 4.99 Å². The van der Waals surface area contributed by atoms with Crippen molar-refractivity contribution in [3.8, 4) is 11.5 Å². The number of aliphatic imine (C=N–C) groups is 1. The summed E-state index contributed by atoms with van der Waals surface area (Å²) in [6.07, 6.45) is 4.19. The van der Waals surface area contributed by atoms with Crippen molar-refractivity contribution in [3.05, 3.63) is 151 Å². The van der Waals surface area contributed by atoms with Gasteiger partial charge in [-0.25, -0.2) is 0 Å². The lowest BCUT2D eigenvalue weighted by Crippen LogP contribution is -2.37. The van der Waals surface area contributed by atoms with Gasteiger partial charge in [-0.3, -0.25) is 4.99 Å². The summed E-state index contributed by atoms with van der Waals surface area (Å²) in [6, 6.07) is 39.0. The molecule has 5 aromatic carbocycles. The summed E-state index contributed by atoms with van der Waals surface area (Å²) in [5.74, 6) is 2.20. The van der Waals surface area contributed by atoms with Crippen LogP contribution >= 0.6 is 38.5 Å². The zero-order valence-electron chi connectivity index (χ0n) is 25.8. The molecule has 0 saturated heterocycles. The summed E-state index contributed by atoms with van der Waals surface area (Å²) < 4.78 is 14.4. The molecule has 0 amide bonds. The van der Waals surface area contributed by atoms with E-state index in [1.807, 2.05) is 31.3 Å². The molecule has 0 bridgehead atoms. The van der Waals surface area contributed by atoms with Crippen molar-refractivity contribution in [1.82, 2.24) is 0 Å². The highest BCUT2D eigenvalue weighted by Gasteiger charge is 2.35. The largest absolute Gasteiger partial charge is 0.490 e. The van der Waals surface area contributed by atoms with Gasteiger partial charge in [0.1, 0.15) is 6.61 Å². The molecule has 0 fully saturated rings. The Bertz CT molecular complexity index is 1770. The zero-order chi connectivity index (χ0) is 31.5. The van der Waals surface area contributed by atoms with Crippen LogP contribution in [-0.4, -0.2) is 25.9 Å². The molecular weight excluding hydrogens is 747 g/mol. The van der Waals surface area contributed by atoms with Gasteiger partial charge in [0.15, 0.2) is 11.5 Å². The van der Waals surface area contributed by atoms with Crippen LogP contribution in [0, 0.1) is 3.57 Å². The summed E-state index contributed by atoms with van der Waals surface area (Å²) in [6.45, 7) is 5.19. The molecule has 4 nitrogen and oxygen atoms in total. The van der Waals surface area contributed by atoms with E-state index in [1.54, 1.807) is 0 Å². The van der Waals surface area contributed by atoms with E-state index in [-0.39, 0.29) is 0 Å². The van der Waals surface area contributed by atoms with E-state index < -0.39 is 0 Å². The second-order valence-electron chi connectivity index (χ2n) is 11.9. The molecule has 2 aliphatic rings. The summed E-state index contributed by atoms with van der Waals surface area (Å²) >= 11 is 5.85. The number of rotatable bonds is 9. The summed E-state index contributed by atoms with van der Waals surface area (Å²) in [4.78, 5) is 7.74. The molecule has 0 radical (unpaired) electrons. The maximum atomic E-state index is 6.28. The highest BCUT2D eigenvalue weighted by Crippen LogP contribution is 2.50. The molecular formula is C40H36BrIN2O2. The standard InChI is InChI=1S/C40H36BrIN2O2/c1-2-45-38-22-28(21-37(42)40(38)46-26-27-13-15-31(41)16-14-27)25-43-32-23-35-33(29-9-5-3-6-10-29)17-19-44-20-18-34(36(24-32)39(35)44)30-11-7-4-8-12-30/h3-16,21-25,33-34H,2,17-20,26H2,1H3/t33-,34-/m0/s1. The molecule has 2 aliphatic heterocycles. The minimum absolute atomic E-state index is 0.350. The fourth-order valence-corrected chi connectivity index (χ4v) is 7.91. The molecule has 0 N–H and O–H groups in total. The molecule has 5 aromatic rings. The Morgan fingerprint density at radius 2 is 1.41 bits per heavy atom. The van der Waals surface area contributed by atoms with E-state index in [4.69, 9.17) is 14.5 Å². The highest BCUT2D eigenvalue weighted by molar-refractivity contribution is 14.1. The van der Waals surface area contributed by atoms with Gasteiger partial charge in [0.25, 0.3) is 0 Å². The van der Waals surface area contributed by atoms with Crippen LogP contribution in [0.3, 0.4) is 0 Å². The maximum Gasteiger partial charge on any atom is 0.175 e. The first kappa shape index (κ1) is 31.0. The summed E-state index contributed by atoms with van der Waals surface area (Å²) in [7, 11) is 0. The number of hydrogen-bond acceptors (Lipinski definition) is 4. The van der Waals surface area contributed by atoms with Gasteiger partial charge in [0.05, 0.1) is 15.9 Å². The van der Waals surface area contributed by atoms with E-state index in [2.05, 4.69) is 134 Å². The van der Waals surface area contributed by atoms with Gasteiger partial charge in [-0.2, -0.15) is 0 Å². The maximum absolute atomic E-state index is 6.28. The third-order valence-corrected chi connectivity index (χ3v) is 10.3. The van der Waals surface area contributed by atoms with Crippen molar-refractivity contribution in [2.75, 3.05) is 24.6 Å². The Kier molecular flexibility index (Phi) is 9.45. The number of halogens is 2. The lowest BCUT2D eigenvalue weighted by atomic mass is 9.76. The second-order valence-corrected chi connectivity index (χ2v) is 14.0. The van der Waals surface area contributed by atoms with Gasteiger partial charge in [-0.1, -0.05) is 88.7 Å². The normalized spacial score (nSPS) is 17.2. The van der Waals surface area contributed by atoms with Gasteiger partial charge < -0.3 is 14.4 Å². The molecule has 232 valence electrons.